The molecule has 4 heteroatoms. The van der Waals surface area contributed by atoms with Crippen molar-refractivity contribution in [2.24, 2.45) is 0 Å². The lowest BCUT2D eigenvalue weighted by molar-refractivity contribution is 0.0526. The maximum atomic E-state index is 11.9. The van der Waals surface area contributed by atoms with Crippen LogP contribution in [0.15, 0.2) is 67.3 Å². The zero-order valence-corrected chi connectivity index (χ0v) is 14.8. The van der Waals surface area contributed by atoms with Crippen LogP contribution in [0.5, 0.6) is 0 Å². The minimum absolute atomic E-state index is 0.327. The van der Waals surface area contributed by atoms with Gasteiger partial charge < -0.3 is 14.8 Å². The SMILES string of the molecule is C=C[C@@](C)(COCc1ccccc1)Nc1cccc(C(=O)OCC)c1. The molecule has 4 nitrogen and oxygen atoms in total. The van der Waals surface area contributed by atoms with Gasteiger partial charge in [0, 0.05) is 5.69 Å². The summed E-state index contributed by atoms with van der Waals surface area (Å²) < 4.78 is 10.9. The summed E-state index contributed by atoms with van der Waals surface area (Å²) in [6.07, 6.45) is 1.81. The second-order valence-corrected chi connectivity index (χ2v) is 6.03. The van der Waals surface area contributed by atoms with Crippen molar-refractivity contribution in [1.82, 2.24) is 0 Å². The number of benzene rings is 2. The molecule has 0 saturated heterocycles. The molecule has 0 saturated carbocycles. The zero-order chi connectivity index (χ0) is 18.1. The quantitative estimate of drug-likeness (QED) is 0.542. The van der Waals surface area contributed by atoms with Crippen LogP contribution in [0.3, 0.4) is 0 Å². The lowest BCUT2D eigenvalue weighted by atomic mass is 10.0. The summed E-state index contributed by atoms with van der Waals surface area (Å²) in [4.78, 5) is 11.9. The van der Waals surface area contributed by atoms with Crippen molar-refractivity contribution < 1.29 is 14.3 Å². The second-order valence-electron chi connectivity index (χ2n) is 6.03. The number of rotatable bonds is 9. The van der Waals surface area contributed by atoms with Crippen molar-refractivity contribution in [3.8, 4) is 0 Å². The fourth-order valence-corrected chi connectivity index (χ4v) is 2.37. The summed E-state index contributed by atoms with van der Waals surface area (Å²) in [5, 5.41) is 3.38. The van der Waals surface area contributed by atoms with E-state index in [1.165, 1.54) is 0 Å². The Hall–Kier alpha value is -2.59. The molecule has 0 aliphatic carbocycles. The Labute approximate surface area is 149 Å². The van der Waals surface area contributed by atoms with Gasteiger partial charge in [0.1, 0.15) is 0 Å². The van der Waals surface area contributed by atoms with Gasteiger partial charge in [-0.05, 0) is 37.6 Å². The smallest absolute Gasteiger partial charge is 0.338 e. The van der Waals surface area contributed by atoms with Crippen LogP contribution in [0, 0.1) is 0 Å². The number of ether oxygens (including phenoxy) is 2. The molecule has 2 rings (SSSR count). The van der Waals surface area contributed by atoms with Gasteiger partial charge in [-0.3, -0.25) is 0 Å². The van der Waals surface area contributed by atoms with Gasteiger partial charge in [0.25, 0.3) is 0 Å². The molecule has 0 fully saturated rings. The topological polar surface area (TPSA) is 47.6 Å². The van der Waals surface area contributed by atoms with Gasteiger partial charge >= 0.3 is 5.97 Å². The molecule has 0 unspecified atom stereocenters. The maximum Gasteiger partial charge on any atom is 0.338 e. The number of anilines is 1. The Morgan fingerprint density at radius 2 is 1.96 bits per heavy atom. The number of carbonyl (C=O) groups is 1. The van der Waals surface area contributed by atoms with Crippen LogP contribution in [0.1, 0.15) is 29.8 Å². The predicted molar refractivity (Wildman–Crippen MR) is 101 cm³/mol. The molecule has 0 spiro atoms. The maximum absolute atomic E-state index is 11.9. The average Bonchev–Trinajstić information content (AvgIpc) is 2.63. The van der Waals surface area contributed by atoms with E-state index in [2.05, 4.69) is 11.9 Å². The lowest BCUT2D eigenvalue weighted by Crippen LogP contribution is -2.37. The number of esters is 1. The van der Waals surface area contributed by atoms with E-state index in [0.717, 1.165) is 11.3 Å². The third-order valence-electron chi connectivity index (χ3n) is 3.77. The fraction of sp³-hybridized carbons (Fsp3) is 0.286. The van der Waals surface area contributed by atoms with Crippen molar-refractivity contribution in [3.63, 3.8) is 0 Å². The highest BCUT2D eigenvalue weighted by Crippen LogP contribution is 2.19. The van der Waals surface area contributed by atoms with Gasteiger partial charge in [0.15, 0.2) is 0 Å². The zero-order valence-electron chi connectivity index (χ0n) is 14.8. The third-order valence-corrected chi connectivity index (χ3v) is 3.77. The second kappa shape index (κ2) is 9.04. The molecular weight excluding hydrogens is 314 g/mol. The fourth-order valence-electron chi connectivity index (χ4n) is 2.37. The van der Waals surface area contributed by atoms with Crippen molar-refractivity contribution in [2.75, 3.05) is 18.5 Å². The van der Waals surface area contributed by atoms with Gasteiger partial charge in [0.2, 0.25) is 0 Å². The van der Waals surface area contributed by atoms with E-state index < -0.39 is 5.54 Å². The van der Waals surface area contributed by atoms with E-state index >= 15 is 0 Å². The largest absolute Gasteiger partial charge is 0.462 e. The molecule has 0 radical (unpaired) electrons. The molecule has 1 N–H and O–H groups in total. The van der Waals surface area contributed by atoms with Crippen LogP contribution in [-0.2, 0) is 16.1 Å². The Kier molecular flexibility index (Phi) is 6.78. The first-order valence-electron chi connectivity index (χ1n) is 8.37. The Bertz CT molecular complexity index is 699. The molecule has 132 valence electrons. The molecule has 0 aliphatic heterocycles. The summed E-state index contributed by atoms with van der Waals surface area (Å²) in [5.74, 6) is -0.327. The van der Waals surface area contributed by atoms with Gasteiger partial charge in [-0.2, -0.15) is 0 Å². The summed E-state index contributed by atoms with van der Waals surface area (Å²) in [6.45, 7) is 9.05. The number of hydrogen-bond donors (Lipinski definition) is 1. The molecule has 0 amide bonds. The van der Waals surface area contributed by atoms with Gasteiger partial charge in [0.05, 0.1) is 30.9 Å². The molecule has 25 heavy (non-hydrogen) atoms. The van der Waals surface area contributed by atoms with Crippen LogP contribution in [0.25, 0.3) is 0 Å². The van der Waals surface area contributed by atoms with Crippen LogP contribution in [0.4, 0.5) is 5.69 Å². The number of carbonyl (C=O) groups excluding carboxylic acids is 1. The molecule has 0 aromatic heterocycles. The van der Waals surface area contributed by atoms with Crippen LogP contribution >= 0.6 is 0 Å². The van der Waals surface area contributed by atoms with Crippen molar-refractivity contribution in [1.29, 1.82) is 0 Å². The molecular formula is C21H25NO3. The lowest BCUT2D eigenvalue weighted by Gasteiger charge is -2.28. The van der Waals surface area contributed by atoms with E-state index in [9.17, 15) is 4.79 Å². The molecule has 0 heterocycles. The van der Waals surface area contributed by atoms with Crippen LogP contribution in [0.2, 0.25) is 0 Å². The van der Waals surface area contributed by atoms with Crippen molar-refractivity contribution in [2.45, 2.75) is 26.0 Å². The van der Waals surface area contributed by atoms with Gasteiger partial charge in [-0.15, -0.1) is 6.58 Å². The third kappa shape index (κ3) is 5.76. The Morgan fingerprint density at radius 3 is 2.64 bits per heavy atom. The van der Waals surface area contributed by atoms with Crippen molar-refractivity contribution in [3.05, 3.63) is 78.4 Å². The first-order valence-corrected chi connectivity index (χ1v) is 8.37. The van der Waals surface area contributed by atoms with Gasteiger partial charge in [-0.1, -0.05) is 42.5 Å². The van der Waals surface area contributed by atoms with E-state index in [-0.39, 0.29) is 5.97 Å². The highest BCUT2D eigenvalue weighted by Gasteiger charge is 2.21. The van der Waals surface area contributed by atoms with E-state index in [1.807, 2.05) is 55.5 Å². The summed E-state index contributed by atoms with van der Waals surface area (Å²) in [5.41, 5.74) is 2.00. The van der Waals surface area contributed by atoms with E-state index in [1.54, 1.807) is 19.1 Å². The molecule has 2 aromatic carbocycles. The summed E-state index contributed by atoms with van der Waals surface area (Å²) in [6, 6.07) is 17.3. The highest BCUT2D eigenvalue weighted by molar-refractivity contribution is 5.90. The normalized spacial score (nSPS) is 12.9. The minimum Gasteiger partial charge on any atom is -0.462 e. The molecule has 2 aromatic rings. The predicted octanol–water partition coefficient (Wildman–Crippen LogP) is 4.44. The van der Waals surface area contributed by atoms with Crippen LogP contribution in [-0.4, -0.2) is 24.7 Å². The summed E-state index contributed by atoms with van der Waals surface area (Å²) in [7, 11) is 0. The Morgan fingerprint density at radius 1 is 1.20 bits per heavy atom. The molecule has 1 atom stereocenters. The average molecular weight is 339 g/mol. The van der Waals surface area contributed by atoms with Crippen LogP contribution < -0.4 is 5.32 Å². The molecule has 0 bridgehead atoms. The monoisotopic (exact) mass is 339 g/mol. The van der Waals surface area contributed by atoms with E-state index in [4.69, 9.17) is 9.47 Å². The highest BCUT2D eigenvalue weighted by atomic mass is 16.5. The summed E-state index contributed by atoms with van der Waals surface area (Å²) >= 11 is 0. The first-order chi connectivity index (χ1) is 12.1. The Balaban J connectivity index is 1.98. The molecule has 0 aliphatic rings. The number of hydrogen-bond acceptors (Lipinski definition) is 4. The van der Waals surface area contributed by atoms with Gasteiger partial charge in [-0.25, -0.2) is 4.79 Å². The standard InChI is InChI=1S/C21H25NO3/c1-4-21(3,16-24-15-17-10-7-6-8-11-17)22-19-13-9-12-18(14-19)20(23)25-5-2/h4,6-14,22H,1,5,15-16H2,2-3H3/t21-/m0/s1. The minimum atomic E-state index is -0.456. The van der Waals surface area contributed by atoms with Crippen molar-refractivity contribution >= 4 is 11.7 Å². The first kappa shape index (κ1) is 18.7. The number of nitrogens with one attached hydrogen (secondary N) is 1. The van der Waals surface area contributed by atoms with E-state index in [0.29, 0.717) is 25.4 Å².